The summed E-state index contributed by atoms with van der Waals surface area (Å²) in [6.45, 7) is 18.7. The van der Waals surface area contributed by atoms with Crippen molar-refractivity contribution in [2.24, 2.45) is 5.41 Å². The van der Waals surface area contributed by atoms with E-state index in [0.29, 0.717) is 18.7 Å². The molecule has 2 N–H and O–H groups in total. The number of Topliss-reactive ketones (excluding diaryl/α,β-unsaturated/α-hetero) is 1. The summed E-state index contributed by atoms with van der Waals surface area (Å²) in [7, 11) is 1.27. The van der Waals surface area contributed by atoms with Crippen molar-refractivity contribution in [2.45, 2.75) is 105 Å². The lowest BCUT2D eigenvalue weighted by Gasteiger charge is -2.30. The van der Waals surface area contributed by atoms with Crippen molar-refractivity contribution < 1.29 is 33.4 Å². The summed E-state index contributed by atoms with van der Waals surface area (Å²) >= 11 is 6.42. The Morgan fingerprint density at radius 2 is 1.45 bits per heavy atom. The van der Waals surface area contributed by atoms with Gasteiger partial charge in [0.2, 0.25) is 12.0 Å². The molecule has 0 spiro atoms. The van der Waals surface area contributed by atoms with Crippen molar-refractivity contribution in [2.75, 3.05) is 24.4 Å². The molecule has 3 aromatic carbocycles. The van der Waals surface area contributed by atoms with E-state index in [0.717, 1.165) is 24.2 Å². The summed E-state index contributed by atoms with van der Waals surface area (Å²) in [6.07, 6.45) is 1.16. The number of methoxy groups -OCH3 is 1. The smallest absolute Gasteiger partial charge is 0.337 e. The van der Waals surface area contributed by atoms with Gasteiger partial charge in [-0.2, -0.15) is 0 Å². The van der Waals surface area contributed by atoms with E-state index in [-0.39, 0.29) is 45.2 Å². The van der Waals surface area contributed by atoms with Crippen LogP contribution in [0.1, 0.15) is 109 Å². The molecular formula is C41H53ClN2O7. The number of anilines is 2. The average molecular weight is 721 g/mol. The van der Waals surface area contributed by atoms with Gasteiger partial charge in [-0.1, -0.05) is 86.0 Å². The zero-order valence-corrected chi connectivity index (χ0v) is 32.4. The molecule has 10 heteroatoms. The molecular weight excluding hydrogens is 668 g/mol. The van der Waals surface area contributed by atoms with Crippen LogP contribution in [0.5, 0.6) is 11.5 Å². The van der Waals surface area contributed by atoms with E-state index in [1.807, 2.05) is 0 Å². The summed E-state index contributed by atoms with van der Waals surface area (Å²) in [5, 5.41) is 5.74. The molecule has 0 heterocycles. The van der Waals surface area contributed by atoms with Crippen LogP contribution in [-0.2, 0) is 30.0 Å². The van der Waals surface area contributed by atoms with Crippen LogP contribution in [0.3, 0.4) is 0 Å². The van der Waals surface area contributed by atoms with Crippen LogP contribution in [0.25, 0.3) is 0 Å². The van der Waals surface area contributed by atoms with Gasteiger partial charge in [0.05, 0.1) is 30.0 Å². The van der Waals surface area contributed by atoms with E-state index in [1.165, 1.54) is 43.0 Å². The Hall–Kier alpha value is -4.37. The number of benzene rings is 3. The van der Waals surface area contributed by atoms with Gasteiger partial charge in [0.25, 0.3) is 5.91 Å². The standard InChI is InChI=1S/C41H53ClN2O7/c1-11-40(6,7)27-17-22-33(30(24-27)41(8,9)12-2)50-23-13-14-34(45)43-28-18-21-31(42)32(25-28)44-37(47)35(36(46)39(3,4)5)51-29-19-15-26(16-20-29)38(48)49-10/h15-22,24-25,35H,11-14,23H2,1-10H3,(H,43,45)(H,44,47)/t35-/m1/s1. The summed E-state index contributed by atoms with van der Waals surface area (Å²) < 4.78 is 16.8. The number of amides is 2. The monoisotopic (exact) mass is 720 g/mol. The number of esters is 1. The lowest BCUT2D eigenvalue weighted by Crippen LogP contribution is -2.45. The van der Waals surface area contributed by atoms with Crippen LogP contribution >= 0.6 is 11.6 Å². The van der Waals surface area contributed by atoms with Crippen LogP contribution in [-0.4, -0.2) is 43.4 Å². The van der Waals surface area contributed by atoms with Gasteiger partial charge in [0.1, 0.15) is 11.5 Å². The lowest BCUT2D eigenvalue weighted by atomic mass is 9.76. The van der Waals surface area contributed by atoms with Crippen LogP contribution in [0.15, 0.2) is 60.7 Å². The molecule has 1 atom stereocenters. The third-order valence-corrected chi connectivity index (χ3v) is 9.65. The molecule has 0 aliphatic heterocycles. The summed E-state index contributed by atoms with van der Waals surface area (Å²) in [4.78, 5) is 51.6. The van der Waals surface area contributed by atoms with Crippen molar-refractivity contribution in [1.29, 1.82) is 0 Å². The highest BCUT2D eigenvalue weighted by molar-refractivity contribution is 6.34. The number of hydrogen-bond acceptors (Lipinski definition) is 7. The number of halogens is 1. The molecule has 276 valence electrons. The van der Waals surface area contributed by atoms with E-state index >= 15 is 0 Å². The predicted octanol–water partition coefficient (Wildman–Crippen LogP) is 9.30. The second-order valence-corrected chi connectivity index (χ2v) is 15.4. The molecule has 0 bridgehead atoms. The molecule has 0 saturated heterocycles. The molecule has 0 aliphatic carbocycles. The zero-order valence-electron chi connectivity index (χ0n) is 31.6. The average Bonchev–Trinajstić information content (AvgIpc) is 3.09. The zero-order chi connectivity index (χ0) is 38.1. The first kappa shape index (κ1) is 41.1. The van der Waals surface area contributed by atoms with Gasteiger partial charge < -0.3 is 24.8 Å². The summed E-state index contributed by atoms with van der Waals surface area (Å²) in [6, 6.07) is 17.1. The number of ketones is 1. The Kier molecular flexibility index (Phi) is 13.9. The van der Waals surface area contributed by atoms with E-state index in [9.17, 15) is 19.2 Å². The van der Waals surface area contributed by atoms with Gasteiger partial charge >= 0.3 is 5.97 Å². The molecule has 0 unspecified atom stereocenters. The maximum absolute atomic E-state index is 13.5. The second kappa shape index (κ2) is 17.2. The van der Waals surface area contributed by atoms with Gasteiger partial charge in [-0.15, -0.1) is 0 Å². The third-order valence-electron chi connectivity index (χ3n) is 9.32. The highest BCUT2D eigenvalue weighted by atomic mass is 35.5. The fourth-order valence-corrected chi connectivity index (χ4v) is 5.24. The first-order valence-corrected chi connectivity index (χ1v) is 17.8. The van der Waals surface area contributed by atoms with Gasteiger partial charge in [0, 0.05) is 23.1 Å². The molecule has 0 fully saturated rings. The van der Waals surface area contributed by atoms with Crippen LogP contribution in [0.4, 0.5) is 11.4 Å². The maximum atomic E-state index is 13.5. The Morgan fingerprint density at radius 3 is 2.04 bits per heavy atom. The van der Waals surface area contributed by atoms with Gasteiger partial charge in [-0.05, 0) is 84.2 Å². The highest BCUT2D eigenvalue weighted by Gasteiger charge is 2.37. The summed E-state index contributed by atoms with van der Waals surface area (Å²) in [5.41, 5.74) is 2.41. The molecule has 0 aliphatic rings. The molecule has 0 saturated carbocycles. The van der Waals surface area contributed by atoms with E-state index in [4.69, 9.17) is 25.8 Å². The minimum Gasteiger partial charge on any atom is -0.493 e. The second-order valence-electron chi connectivity index (χ2n) is 15.0. The molecule has 9 nitrogen and oxygen atoms in total. The van der Waals surface area contributed by atoms with Crippen LogP contribution in [0.2, 0.25) is 5.02 Å². The quantitative estimate of drug-likeness (QED) is 0.0860. The Morgan fingerprint density at radius 1 is 0.804 bits per heavy atom. The minimum absolute atomic E-state index is 0.0553. The molecule has 51 heavy (non-hydrogen) atoms. The van der Waals surface area contributed by atoms with E-state index in [1.54, 1.807) is 32.9 Å². The van der Waals surface area contributed by atoms with Crippen molar-refractivity contribution in [3.63, 3.8) is 0 Å². The Bertz CT molecular complexity index is 1710. The molecule has 2 amide bonds. The van der Waals surface area contributed by atoms with Crippen molar-refractivity contribution in [1.82, 2.24) is 0 Å². The molecule has 3 rings (SSSR count). The first-order chi connectivity index (χ1) is 23.8. The number of carbonyl (C=O) groups excluding carboxylic acids is 4. The van der Waals surface area contributed by atoms with E-state index in [2.05, 4.69) is 70.4 Å². The predicted molar refractivity (Wildman–Crippen MR) is 203 cm³/mol. The number of hydrogen-bond donors (Lipinski definition) is 2. The minimum atomic E-state index is -1.53. The van der Waals surface area contributed by atoms with Gasteiger partial charge in [-0.25, -0.2) is 4.79 Å². The Labute approximate surface area is 307 Å². The van der Waals surface area contributed by atoms with Crippen molar-refractivity contribution in [3.05, 3.63) is 82.4 Å². The van der Waals surface area contributed by atoms with E-state index < -0.39 is 29.2 Å². The van der Waals surface area contributed by atoms with Crippen LogP contribution < -0.4 is 20.1 Å². The van der Waals surface area contributed by atoms with Crippen molar-refractivity contribution >= 4 is 46.5 Å². The largest absolute Gasteiger partial charge is 0.493 e. The van der Waals surface area contributed by atoms with Gasteiger partial charge in [-0.3, -0.25) is 14.4 Å². The number of rotatable bonds is 16. The fraction of sp³-hybridized carbons (Fsp3) is 0.463. The molecule has 0 aromatic heterocycles. The van der Waals surface area contributed by atoms with Crippen LogP contribution in [0, 0.1) is 5.41 Å². The number of nitrogens with one attached hydrogen (secondary N) is 2. The number of carbonyl (C=O) groups is 4. The lowest BCUT2D eigenvalue weighted by molar-refractivity contribution is -0.140. The highest BCUT2D eigenvalue weighted by Crippen LogP contribution is 2.38. The first-order valence-electron chi connectivity index (χ1n) is 17.4. The normalized spacial score (nSPS) is 12.5. The molecule has 0 radical (unpaired) electrons. The molecule has 3 aromatic rings. The third kappa shape index (κ3) is 11.1. The van der Waals surface area contributed by atoms with Crippen molar-refractivity contribution in [3.8, 4) is 11.5 Å². The SMILES string of the molecule is CCC(C)(C)c1ccc(OCCCC(=O)Nc2ccc(Cl)c(NC(=O)[C@H](Oc3ccc(C(=O)OC)cc3)C(=O)C(C)(C)C)c2)c(C(C)(C)CC)c1. The van der Waals surface area contributed by atoms with Gasteiger partial charge in [0.15, 0.2) is 5.78 Å². The topological polar surface area (TPSA) is 120 Å². The fourth-order valence-electron chi connectivity index (χ4n) is 5.08. The summed E-state index contributed by atoms with van der Waals surface area (Å²) in [5.74, 6) is -0.927. The Balaban J connectivity index is 1.67. The number of ether oxygens (including phenoxy) is 3. The maximum Gasteiger partial charge on any atom is 0.337 e.